The number of ether oxygens (including phenoxy) is 1. The Balaban J connectivity index is 2.39. The van der Waals surface area contributed by atoms with Crippen LogP contribution in [0.2, 0.25) is 0 Å². The monoisotopic (exact) mass is 303 g/mol. The molecule has 0 aromatic carbocycles. The highest BCUT2D eigenvalue weighted by molar-refractivity contribution is 7.89. The van der Waals surface area contributed by atoms with Crippen molar-refractivity contribution in [3.63, 3.8) is 0 Å². The fourth-order valence-electron chi connectivity index (χ4n) is 1.98. The van der Waals surface area contributed by atoms with Crippen molar-refractivity contribution in [1.82, 2.24) is 4.31 Å². The van der Waals surface area contributed by atoms with Crippen LogP contribution in [0.1, 0.15) is 42.2 Å². The molecule has 1 aromatic heterocycles. The molecule has 1 aliphatic heterocycles. The van der Waals surface area contributed by atoms with E-state index in [1.807, 2.05) is 20.8 Å². The van der Waals surface area contributed by atoms with E-state index in [2.05, 4.69) is 0 Å². The van der Waals surface area contributed by atoms with Gasteiger partial charge in [0.15, 0.2) is 0 Å². The van der Waals surface area contributed by atoms with E-state index >= 15 is 0 Å². The number of fused-ring (bicyclic) bond motifs is 1. The molecule has 0 saturated heterocycles. The van der Waals surface area contributed by atoms with E-state index in [0.717, 1.165) is 0 Å². The zero-order chi connectivity index (χ0) is 14.4. The Hall–Kier alpha value is -0.920. The molecule has 0 aliphatic carbocycles. The first-order valence-corrected chi connectivity index (χ1v) is 8.26. The number of nitrogens with zero attached hydrogens (tertiary/aromatic N) is 1. The Labute approximate surface area is 117 Å². The van der Waals surface area contributed by atoms with E-state index < -0.39 is 21.5 Å². The summed E-state index contributed by atoms with van der Waals surface area (Å²) in [7, 11) is -3.50. The molecule has 2 heterocycles. The van der Waals surface area contributed by atoms with Crippen molar-refractivity contribution in [3.05, 3.63) is 15.8 Å². The lowest BCUT2D eigenvalue weighted by Crippen LogP contribution is -2.41. The topological polar surface area (TPSA) is 63.7 Å². The molecule has 0 spiro atoms. The number of rotatable bonds is 2. The SMILES string of the molecule is CCOC(=O)c1cc2c(s1)CN(C(C)(C)C)S2(=O)=O. The zero-order valence-electron chi connectivity index (χ0n) is 11.4. The molecule has 0 bridgehead atoms. The predicted molar refractivity (Wildman–Crippen MR) is 72.8 cm³/mol. The normalized spacial score (nSPS) is 18.3. The third-order valence-electron chi connectivity index (χ3n) is 2.85. The number of hydrogen-bond donors (Lipinski definition) is 0. The van der Waals surface area contributed by atoms with Crippen LogP contribution in [-0.2, 0) is 21.3 Å². The number of hydrogen-bond acceptors (Lipinski definition) is 5. The van der Waals surface area contributed by atoms with Crippen LogP contribution in [0, 0.1) is 0 Å². The Morgan fingerprint density at radius 3 is 2.58 bits per heavy atom. The van der Waals surface area contributed by atoms with Crippen LogP contribution in [0.15, 0.2) is 11.0 Å². The quantitative estimate of drug-likeness (QED) is 0.786. The summed E-state index contributed by atoms with van der Waals surface area (Å²) in [5.41, 5.74) is -0.471. The summed E-state index contributed by atoms with van der Waals surface area (Å²) < 4.78 is 31.2. The lowest BCUT2D eigenvalue weighted by atomic mass is 10.1. The van der Waals surface area contributed by atoms with Crippen molar-refractivity contribution in [1.29, 1.82) is 0 Å². The van der Waals surface area contributed by atoms with Crippen molar-refractivity contribution < 1.29 is 17.9 Å². The molecule has 7 heteroatoms. The van der Waals surface area contributed by atoms with Crippen LogP contribution in [0.4, 0.5) is 0 Å². The first kappa shape index (κ1) is 14.5. The standard InChI is InChI=1S/C12H17NO4S2/c1-5-17-11(14)8-6-10-9(18-8)7-13(12(2,3)4)19(10,15)16/h6H,5,7H2,1-4H3. The zero-order valence-corrected chi connectivity index (χ0v) is 13.0. The van der Waals surface area contributed by atoms with E-state index in [4.69, 9.17) is 4.74 Å². The summed E-state index contributed by atoms with van der Waals surface area (Å²) in [6.45, 7) is 7.89. The largest absolute Gasteiger partial charge is 0.462 e. The van der Waals surface area contributed by atoms with Gasteiger partial charge in [0.25, 0.3) is 0 Å². The third kappa shape index (κ3) is 2.42. The van der Waals surface area contributed by atoms with E-state index in [-0.39, 0.29) is 11.5 Å². The molecular weight excluding hydrogens is 286 g/mol. The minimum Gasteiger partial charge on any atom is -0.462 e. The van der Waals surface area contributed by atoms with Crippen LogP contribution < -0.4 is 0 Å². The number of sulfonamides is 1. The predicted octanol–water partition coefficient (Wildman–Crippen LogP) is 2.23. The number of thiophene rings is 1. The number of carbonyl (C=O) groups is 1. The van der Waals surface area contributed by atoms with E-state index in [9.17, 15) is 13.2 Å². The Bertz CT molecular complexity index is 610. The van der Waals surface area contributed by atoms with Gasteiger partial charge in [0.2, 0.25) is 10.0 Å². The van der Waals surface area contributed by atoms with Crippen LogP contribution in [-0.4, -0.2) is 30.8 Å². The van der Waals surface area contributed by atoms with Crippen LogP contribution in [0.3, 0.4) is 0 Å². The van der Waals surface area contributed by atoms with Gasteiger partial charge >= 0.3 is 5.97 Å². The molecule has 2 rings (SSSR count). The second-order valence-electron chi connectivity index (χ2n) is 5.30. The molecule has 106 valence electrons. The second-order valence-corrected chi connectivity index (χ2v) is 8.27. The molecule has 0 N–H and O–H groups in total. The fourth-order valence-corrected chi connectivity index (χ4v) is 5.39. The minimum absolute atomic E-state index is 0.246. The van der Waals surface area contributed by atoms with Crippen molar-refractivity contribution in [2.45, 2.75) is 44.7 Å². The van der Waals surface area contributed by atoms with Gasteiger partial charge in [-0.15, -0.1) is 11.3 Å². The van der Waals surface area contributed by atoms with Gasteiger partial charge in [0.05, 0.1) is 18.0 Å². The average Bonchev–Trinajstić information content (AvgIpc) is 2.77. The molecular formula is C12H17NO4S2. The van der Waals surface area contributed by atoms with Crippen molar-refractivity contribution in [3.8, 4) is 0 Å². The summed E-state index contributed by atoms with van der Waals surface area (Å²) in [5.74, 6) is -0.459. The highest BCUT2D eigenvalue weighted by atomic mass is 32.2. The van der Waals surface area contributed by atoms with Crippen molar-refractivity contribution in [2.24, 2.45) is 0 Å². The Morgan fingerprint density at radius 1 is 1.47 bits per heavy atom. The first-order valence-electron chi connectivity index (χ1n) is 6.00. The molecule has 0 radical (unpaired) electrons. The molecule has 0 saturated carbocycles. The lowest BCUT2D eigenvalue weighted by molar-refractivity contribution is 0.0532. The van der Waals surface area contributed by atoms with Gasteiger partial charge in [-0.05, 0) is 33.8 Å². The maximum atomic E-state index is 12.4. The first-order chi connectivity index (χ1) is 8.67. The van der Waals surface area contributed by atoms with Gasteiger partial charge in [-0.3, -0.25) is 0 Å². The van der Waals surface area contributed by atoms with Gasteiger partial charge in [0, 0.05) is 10.4 Å². The molecule has 1 aromatic rings. The molecule has 0 amide bonds. The smallest absolute Gasteiger partial charge is 0.348 e. The fraction of sp³-hybridized carbons (Fsp3) is 0.583. The van der Waals surface area contributed by atoms with Crippen molar-refractivity contribution in [2.75, 3.05) is 6.61 Å². The lowest BCUT2D eigenvalue weighted by Gasteiger charge is -2.29. The molecule has 1 aliphatic rings. The Kier molecular flexibility index (Phi) is 3.49. The summed E-state index contributed by atoms with van der Waals surface area (Å²) in [6.07, 6.45) is 0. The Morgan fingerprint density at radius 2 is 2.11 bits per heavy atom. The highest BCUT2D eigenvalue weighted by Crippen LogP contribution is 2.40. The summed E-state index contributed by atoms with van der Waals surface area (Å²) in [4.78, 5) is 12.9. The molecule has 0 unspecified atom stereocenters. The van der Waals surface area contributed by atoms with Crippen molar-refractivity contribution >= 4 is 27.3 Å². The van der Waals surface area contributed by atoms with Crippen LogP contribution in [0.5, 0.6) is 0 Å². The average molecular weight is 303 g/mol. The van der Waals surface area contributed by atoms with Gasteiger partial charge in [-0.1, -0.05) is 0 Å². The minimum atomic E-state index is -3.50. The van der Waals surface area contributed by atoms with Gasteiger partial charge in [-0.2, -0.15) is 4.31 Å². The van der Waals surface area contributed by atoms with E-state index in [1.165, 1.54) is 21.7 Å². The summed E-state index contributed by atoms with van der Waals surface area (Å²) in [6, 6.07) is 1.43. The van der Waals surface area contributed by atoms with Crippen LogP contribution >= 0.6 is 11.3 Å². The van der Waals surface area contributed by atoms with E-state index in [0.29, 0.717) is 16.3 Å². The molecule has 19 heavy (non-hydrogen) atoms. The van der Waals surface area contributed by atoms with Gasteiger partial charge in [0.1, 0.15) is 4.88 Å². The second kappa shape index (κ2) is 4.57. The molecule has 0 atom stereocenters. The molecule has 0 fully saturated rings. The summed E-state index contributed by atoms with van der Waals surface area (Å²) >= 11 is 1.20. The highest BCUT2D eigenvalue weighted by Gasteiger charge is 2.43. The third-order valence-corrected chi connectivity index (χ3v) is 6.26. The van der Waals surface area contributed by atoms with E-state index in [1.54, 1.807) is 6.92 Å². The maximum Gasteiger partial charge on any atom is 0.348 e. The maximum absolute atomic E-state index is 12.4. The van der Waals surface area contributed by atoms with Gasteiger partial charge in [-0.25, -0.2) is 13.2 Å². The summed E-state index contributed by atoms with van der Waals surface area (Å²) in [5, 5.41) is 0. The van der Waals surface area contributed by atoms with Gasteiger partial charge < -0.3 is 4.74 Å². The number of esters is 1. The van der Waals surface area contributed by atoms with Crippen LogP contribution in [0.25, 0.3) is 0 Å². The number of carbonyl (C=O) groups excluding carboxylic acids is 1. The molecule has 5 nitrogen and oxygen atoms in total.